The molecule has 0 bridgehead atoms. The van der Waals surface area contributed by atoms with E-state index in [-0.39, 0.29) is 0 Å². The van der Waals surface area contributed by atoms with Crippen molar-refractivity contribution in [1.29, 1.82) is 0 Å². The molecule has 0 aliphatic rings. The number of aryl methyl sites for hydroxylation is 3. The summed E-state index contributed by atoms with van der Waals surface area (Å²) in [5.74, 6) is 0. The van der Waals surface area contributed by atoms with Crippen LogP contribution < -0.4 is 5.32 Å². The quantitative estimate of drug-likeness (QED) is 0.843. The van der Waals surface area contributed by atoms with Crippen LogP contribution in [-0.2, 0) is 0 Å². The lowest BCUT2D eigenvalue weighted by Gasteiger charge is -2.15. The van der Waals surface area contributed by atoms with E-state index in [1.807, 2.05) is 0 Å². The van der Waals surface area contributed by atoms with Gasteiger partial charge < -0.3 is 5.32 Å². The Bertz CT molecular complexity index is 571. The zero-order valence-corrected chi connectivity index (χ0v) is 11.3. The summed E-state index contributed by atoms with van der Waals surface area (Å²) >= 11 is 0. The van der Waals surface area contributed by atoms with E-state index in [0.29, 0.717) is 0 Å². The first-order chi connectivity index (χ1) is 8.06. The summed E-state index contributed by atoms with van der Waals surface area (Å²) in [6.45, 7) is 11.6. The topological polar surface area (TPSA) is 24.9 Å². The van der Waals surface area contributed by atoms with Crippen LogP contribution in [0.25, 0.3) is 10.9 Å². The first-order valence-electron chi connectivity index (χ1n) is 6.17. The van der Waals surface area contributed by atoms with E-state index in [1.54, 1.807) is 0 Å². The smallest absolute Gasteiger partial charge is 0.0757 e. The zero-order chi connectivity index (χ0) is 12.6. The van der Waals surface area contributed by atoms with Crippen LogP contribution in [0, 0.1) is 27.7 Å². The van der Waals surface area contributed by atoms with Gasteiger partial charge in [-0.25, -0.2) is 0 Å². The van der Waals surface area contributed by atoms with Crippen LogP contribution in [0.15, 0.2) is 12.1 Å². The van der Waals surface area contributed by atoms with Gasteiger partial charge in [-0.1, -0.05) is 12.1 Å². The van der Waals surface area contributed by atoms with Gasteiger partial charge in [-0.15, -0.1) is 0 Å². The van der Waals surface area contributed by atoms with Crippen LogP contribution in [0.5, 0.6) is 0 Å². The second kappa shape index (κ2) is 4.36. The molecule has 0 aliphatic heterocycles. The maximum Gasteiger partial charge on any atom is 0.0757 e. The van der Waals surface area contributed by atoms with Gasteiger partial charge >= 0.3 is 0 Å². The normalized spacial score (nSPS) is 10.9. The molecule has 0 saturated carbocycles. The minimum Gasteiger partial charge on any atom is -0.385 e. The number of hydrogen-bond acceptors (Lipinski definition) is 2. The van der Waals surface area contributed by atoms with Crippen LogP contribution in [0.1, 0.15) is 29.3 Å². The number of hydrogen-bond donors (Lipinski definition) is 1. The summed E-state index contributed by atoms with van der Waals surface area (Å²) in [6.07, 6.45) is 0. The van der Waals surface area contributed by atoms with Crippen molar-refractivity contribution in [2.45, 2.75) is 34.6 Å². The van der Waals surface area contributed by atoms with E-state index in [9.17, 15) is 0 Å². The lowest BCUT2D eigenvalue weighted by molar-refractivity contribution is 1.15. The summed E-state index contributed by atoms with van der Waals surface area (Å²) in [5, 5.41) is 4.70. The van der Waals surface area contributed by atoms with Crippen molar-refractivity contribution in [2.24, 2.45) is 0 Å². The molecule has 0 fully saturated rings. The third-order valence-corrected chi connectivity index (χ3v) is 3.52. The zero-order valence-electron chi connectivity index (χ0n) is 11.3. The van der Waals surface area contributed by atoms with Gasteiger partial charge in [0.2, 0.25) is 0 Å². The molecule has 1 heterocycles. The molecule has 1 aromatic heterocycles. The highest BCUT2D eigenvalue weighted by molar-refractivity contribution is 5.95. The summed E-state index contributed by atoms with van der Waals surface area (Å²) < 4.78 is 0. The van der Waals surface area contributed by atoms with Crippen molar-refractivity contribution >= 4 is 16.6 Å². The molecule has 0 amide bonds. The van der Waals surface area contributed by atoms with Gasteiger partial charge in [0.05, 0.1) is 5.52 Å². The molecule has 1 N–H and O–H groups in total. The van der Waals surface area contributed by atoms with Gasteiger partial charge in [-0.3, -0.25) is 4.98 Å². The number of pyridine rings is 1. The highest BCUT2D eigenvalue weighted by Gasteiger charge is 2.11. The molecule has 2 heteroatoms. The minimum absolute atomic E-state index is 0.937. The summed E-state index contributed by atoms with van der Waals surface area (Å²) in [4.78, 5) is 4.74. The highest BCUT2D eigenvalue weighted by Crippen LogP contribution is 2.30. The van der Waals surface area contributed by atoms with E-state index in [4.69, 9.17) is 4.98 Å². The molecule has 0 aliphatic carbocycles. The second-order valence-corrected chi connectivity index (χ2v) is 4.63. The second-order valence-electron chi connectivity index (χ2n) is 4.63. The van der Waals surface area contributed by atoms with E-state index in [1.165, 1.54) is 27.8 Å². The third kappa shape index (κ3) is 1.88. The summed E-state index contributed by atoms with van der Waals surface area (Å²) in [5.41, 5.74) is 7.31. The molecular formula is C15H20N2. The fourth-order valence-electron chi connectivity index (χ4n) is 2.19. The minimum atomic E-state index is 0.937. The number of nitrogens with zero attached hydrogens (tertiary/aromatic N) is 1. The molecule has 90 valence electrons. The molecule has 17 heavy (non-hydrogen) atoms. The molecule has 2 aromatic rings. The van der Waals surface area contributed by atoms with E-state index < -0.39 is 0 Å². The first-order valence-corrected chi connectivity index (χ1v) is 6.17. The van der Waals surface area contributed by atoms with Crippen molar-refractivity contribution < 1.29 is 0 Å². The fraction of sp³-hybridized carbons (Fsp3) is 0.400. The molecule has 0 atom stereocenters. The van der Waals surface area contributed by atoms with Crippen molar-refractivity contribution in [3.8, 4) is 0 Å². The Morgan fingerprint density at radius 1 is 1.06 bits per heavy atom. The van der Waals surface area contributed by atoms with Crippen molar-refractivity contribution in [3.05, 3.63) is 34.5 Å². The van der Waals surface area contributed by atoms with Gasteiger partial charge in [-0.2, -0.15) is 0 Å². The molecule has 0 saturated heterocycles. The highest BCUT2D eigenvalue weighted by atomic mass is 14.9. The molecule has 2 nitrogen and oxygen atoms in total. The summed E-state index contributed by atoms with van der Waals surface area (Å²) in [6, 6.07) is 4.35. The Balaban J connectivity index is 2.86. The van der Waals surface area contributed by atoms with Crippen molar-refractivity contribution in [3.63, 3.8) is 0 Å². The third-order valence-electron chi connectivity index (χ3n) is 3.52. The summed E-state index contributed by atoms with van der Waals surface area (Å²) in [7, 11) is 0. The maximum atomic E-state index is 4.74. The standard InChI is InChI=1S/C15H20N2/c1-6-16-14-11(4)12(5)17-15-10(3)9(2)7-8-13(14)15/h7-8H,6H2,1-5H3,(H,16,17). The maximum absolute atomic E-state index is 4.74. The van der Waals surface area contributed by atoms with Crippen LogP contribution >= 0.6 is 0 Å². The van der Waals surface area contributed by atoms with Gasteiger partial charge in [0.1, 0.15) is 0 Å². The van der Waals surface area contributed by atoms with Crippen molar-refractivity contribution in [2.75, 3.05) is 11.9 Å². The number of fused-ring (bicyclic) bond motifs is 1. The van der Waals surface area contributed by atoms with Gasteiger partial charge in [0.15, 0.2) is 0 Å². The van der Waals surface area contributed by atoms with Gasteiger partial charge in [0.25, 0.3) is 0 Å². The number of nitrogens with one attached hydrogen (secondary N) is 1. The number of rotatable bonds is 2. The van der Waals surface area contributed by atoms with E-state index in [2.05, 4.69) is 52.1 Å². The predicted molar refractivity (Wildman–Crippen MR) is 74.9 cm³/mol. The molecule has 1 aromatic carbocycles. The van der Waals surface area contributed by atoms with E-state index >= 15 is 0 Å². The van der Waals surface area contributed by atoms with Crippen LogP contribution in [-0.4, -0.2) is 11.5 Å². The van der Waals surface area contributed by atoms with Gasteiger partial charge in [-0.05, 0) is 51.3 Å². The van der Waals surface area contributed by atoms with Crippen molar-refractivity contribution in [1.82, 2.24) is 4.98 Å². The van der Waals surface area contributed by atoms with Crippen LogP contribution in [0.2, 0.25) is 0 Å². The van der Waals surface area contributed by atoms with Gasteiger partial charge in [0, 0.05) is 23.3 Å². The predicted octanol–water partition coefficient (Wildman–Crippen LogP) is 3.90. The molecule has 2 rings (SSSR count). The molecule has 0 unspecified atom stereocenters. The lowest BCUT2D eigenvalue weighted by atomic mass is 10.0. The molecular weight excluding hydrogens is 208 g/mol. The lowest BCUT2D eigenvalue weighted by Crippen LogP contribution is -2.03. The number of aromatic nitrogens is 1. The monoisotopic (exact) mass is 228 g/mol. The Labute approximate surface area is 103 Å². The fourth-order valence-corrected chi connectivity index (χ4v) is 2.19. The Hall–Kier alpha value is -1.57. The Morgan fingerprint density at radius 3 is 2.41 bits per heavy atom. The molecule has 0 radical (unpaired) electrons. The Kier molecular flexibility index (Phi) is 3.05. The SMILES string of the molecule is CCNc1c(C)c(C)nc2c(C)c(C)ccc12. The number of anilines is 1. The first kappa shape index (κ1) is 11.9. The van der Waals surface area contributed by atoms with Crippen LogP contribution in [0.4, 0.5) is 5.69 Å². The largest absolute Gasteiger partial charge is 0.385 e. The molecule has 0 spiro atoms. The van der Waals surface area contributed by atoms with E-state index in [0.717, 1.165) is 17.8 Å². The average molecular weight is 228 g/mol. The Morgan fingerprint density at radius 2 is 1.76 bits per heavy atom. The average Bonchev–Trinajstić information content (AvgIpc) is 2.31. The number of benzene rings is 1. The van der Waals surface area contributed by atoms with Crippen LogP contribution in [0.3, 0.4) is 0 Å².